The SMILES string of the molecule is CSCC(C)Nc1ncc(C(=O)O)cc1N. The molecule has 0 spiro atoms. The van der Waals surface area contributed by atoms with Gasteiger partial charge in [0.2, 0.25) is 0 Å². The molecule has 0 fully saturated rings. The molecule has 0 bridgehead atoms. The number of nitrogens with two attached hydrogens (primary N) is 1. The van der Waals surface area contributed by atoms with Gasteiger partial charge in [-0.3, -0.25) is 0 Å². The smallest absolute Gasteiger partial charge is 0.337 e. The van der Waals surface area contributed by atoms with E-state index < -0.39 is 5.97 Å². The fraction of sp³-hybridized carbons (Fsp3) is 0.400. The van der Waals surface area contributed by atoms with Crippen molar-refractivity contribution in [2.45, 2.75) is 13.0 Å². The number of nitrogens with one attached hydrogen (secondary N) is 1. The number of thioether (sulfide) groups is 1. The Hall–Kier alpha value is -1.43. The number of nitrogens with zero attached hydrogens (tertiary/aromatic N) is 1. The number of carbonyl (C=O) groups is 1. The molecule has 0 radical (unpaired) electrons. The number of carboxylic acid groups (broad SMARTS) is 1. The second-order valence-electron chi connectivity index (χ2n) is 3.47. The summed E-state index contributed by atoms with van der Waals surface area (Å²) in [6.07, 6.45) is 3.31. The van der Waals surface area contributed by atoms with E-state index in [0.29, 0.717) is 11.5 Å². The van der Waals surface area contributed by atoms with Gasteiger partial charge >= 0.3 is 5.97 Å². The van der Waals surface area contributed by atoms with Crippen LogP contribution in [0.4, 0.5) is 11.5 Å². The first-order chi connectivity index (χ1) is 7.54. The quantitative estimate of drug-likeness (QED) is 0.724. The van der Waals surface area contributed by atoms with E-state index in [0.717, 1.165) is 5.75 Å². The van der Waals surface area contributed by atoms with Crippen LogP contribution in [0, 0.1) is 0 Å². The van der Waals surface area contributed by atoms with Crippen molar-refractivity contribution in [3.8, 4) is 0 Å². The van der Waals surface area contributed by atoms with Crippen LogP contribution in [0.5, 0.6) is 0 Å². The van der Waals surface area contributed by atoms with Crippen molar-refractivity contribution in [2.75, 3.05) is 23.1 Å². The number of aromatic carboxylic acids is 1. The third kappa shape index (κ3) is 3.30. The number of carboxylic acids is 1. The predicted molar refractivity (Wildman–Crippen MR) is 67.1 cm³/mol. The zero-order chi connectivity index (χ0) is 12.1. The maximum Gasteiger partial charge on any atom is 0.337 e. The fourth-order valence-electron chi connectivity index (χ4n) is 1.24. The van der Waals surface area contributed by atoms with Crippen LogP contribution in [0.2, 0.25) is 0 Å². The Bertz CT molecular complexity index is 384. The molecule has 0 aliphatic heterocycles. The standard InChI is InChI=1S/C10H15N3O2S/c1-6(5-16-2)13-9-8(11)3-7(4-12-9)10(14)15/h3-4,6H,5,11H2,1-2H3,(H,12,13)(H,14,15). The van der Waals surface area contributed by atoms with Crippen LogP contribution in [-0.2, 0) is 0 Å². The lowest BCUT2D eigenvalue weighted by Crippen LogP contribution is -2.19. The zero-order valence-corrected chi connectivity index (χ0v) is 10.0. The summed E-state index contributed by atoms with van der Waals surface area (Å²) in [7, 11) is 0. The van der Waals surface area contributed by atoms with E-state index in [4.69, 9.17) is 10.8 Å². The first kappa shape index (κ1) is 12.6. The van der Waals surface area contributed by atoms with Crippen LogP contribution in [0.1, 0.15) is 17.3 Å². The lowest BCUT2D eigenvalue weighted by atomic mass is 10.2. The highest BCUT2D eigenvalue weighted by Gasteiger charge is 2.09. The highest BCUT2D eigenvalue weighted by molar-refractivity contribution is 7.98. The summed E-state index contributed by atoms with van der Waals surface area (Å²) in [6, 6.07) is 1.64. The van der Waals surface area contributed by atoms with Gasteiger partial charge in [0.25, 0.3) is 0 Å². The molecule has 1 aromatic rings. The normalized spacial score (nSPS) is 12.1. The monoisotopic (exact) mass is 241 g/mol. The van der Waals surface area contributed by atoms with E-state index in [1.165, 1.54) is 12.3 Å². The Morgan fingerprint density at radius 3 is 2.94 bits per heavy atom. The minimum absolute atomic E-state index is 0.0977. The molecule has 88 valence electrons. The molecule has 1 atom stereocenters. The minimum Gasteiger partial charge on any atom is -0.478 e. The van der Waals surface area contributed by atoms with Gasteiger partial charge in [0.05, 0.1) is 11.3 Å². The molecule has 0 saturated carbocycles. The summed E-state index contributed by atoms with van der Waals surface area (Å²) in [5.41, 5.74) is 6.16. The molecular weight excluding hydrogens is 226 g/mol. The molecule has 6 heteroatoms. The number of aromatic nitrogens is 1. The van der Waals surface area contributed by atoms with E-state index in [1.54, 1.807) is 11.8 Å². The van der Waals surface area contributed by atoms with Crippen LogP contribution in [0.3, 0.4) is 0 Å². The summed E-state index contributed by atoms with van der Waals surface area (Å²) in [5, 5.41) is 11.9. The molecule has 1 aromatic heterocycles. The van der Waals surface area contributed by atoms with Gasteiger partial charge in [0, 0.05) is 18.0 Å². The average molecular weight is 241 g/mol. The van der Waals surface area contributed by atoms with Gasteiger partial charge in [-0.1, -0.05) is 0 Å². The highest BCUT2D eigenvalue weighted by atomic mass is 32.2. The second-order valence-corrected chi connectivity index (χ2v) is 4.38. The van der Waals surface area contributed by atoms with Gasteiger partial charge in [0.15, 0.2) is 0 Å². The van der Waals surface area contributed by atoms with Crippen molar-refractivity contribution in [2.24, 2.45) is 0 Å². The highest BCUT2D eigenvalue weighted by Crippen LogP contribution is 2.17. The number of pyridine rings is 1. The maximum atomic E-state index is 10.7. The molecular formula is C10H15N3O2S. The Labute approximate surface area is 98.4 Å². The van der Waals surface area contributed by atoms with Gasteiger partial charge in [-0.05, 0) is 19.2 Å². The summed E-state index contributed by atoms with van der Waals surface area (Å²) in [6.45, 7) is 2.02. The van der Waals surface area contributed by atoms with Crippen molar-refractivity contribution >= 4 is 29.2 Å². The zero-order valence-electron chi connectivity index (χ0n) is 9.23. The van der Waals surface area contributed by atoms with Gasteiger partial charge in [0.1, 0.15) is 5.82 Å². The molecule has 5 nitrogen and oxygen atoms in total. The second kappa shape index (κ2) is 5.60. The maximum absolute atomic E-state index is 10.7. The number of rotatable bonds is 5. The topological polar surface area (TPSA) is 88.2 Å². The van der Waals surface area contributed by atoms with Crippen molar-refractivity contribution in [3.05, 3.63) is 17.8 Å². The van der Waals surface area contributed by atoms with Gasteiger partial charge in [-0.25, -0.2) is 9.78 Å². The van der Waals surface area contributed by atoms with Crippen molar-refractivity contribution in [1.82, 2.24) is 4.98 Å². The molecule has 1 unspecified atom stereocenters. The fourth-order valence-corrected chi connectivity index (χ4v) is 1.83. The van der Waals surface area contributed by atoms with E-state index >= 15 is 0 Å². The van der Waals surface area contributed by atoms with E-state index in [1.807, 2.05) is 13.2 Å². The van der Waals surface area contributed by atoms with Crippen LogP contribution < -0.4 is 11.1 Å². The third-order valence-corrected chi connectivity index (χ3v) is 2.80. The van der Waals surface area contributed by atoms with Crippen LogP contribution in [0.25, 0.3) is 0 Å². The Morgan fingerprint density at radius 1 is 1.75 bits per heavy atom. The van der Waals surface area contributed by atoms with Crippen LogP contribution in [0.15, 0.2) is 12.3 Å². The molecule has 0 aromatic carbocycles. The molecule has 0 saturated heterocycles. The number of hydrogen-bond donors (Lipinski definition) is 3. The molecule has 0 aliphatic carbocycles. The molecule has 16 heavy (non-hydrogen) atoms. The first-order valence-electron chi connectivity index (χ1n) is 4.79. The Kier molecular flexibility index (Phi) is 4.42. The van der Waals surface area contributed by atoms with E-state index in [2.05, 4.69) is 10.3 Å². The average Bonchev–Trinajstić information content (AvgIpc) is 2.21. The van der Waals surface area contributed by atoms with Crippen LogP contribution >= 0.6 is 11.8 Å². The third-order valence-electron chi connectivity index (χ3n) is 1.96. The lowest BCUT2D eigenvalue weighted by molar-refractivity contribution is 0.0696. The number of hydrogen-bond acceptors (Lipinski definition) is 5. The summed E-state index contributed by atoms with van der Waals surface area (Å²) >= 11 is 1.72. The largest absolute Gasteiger partial charge is 0.478 e. The molecule has 1 rings (SSSR count). The lowest BCUT2D eigenvalue weighted by Gasteiger charge is -2.14. The van der Waals surface area contributed by atoms with Crippen LogP contribution in [-0.4, -0.2) is 34.1 Å². The summed E-state index contributed by atoms with van der Waals surface area (Å²) < 4.78 is 0. The molecule has 1 heterocycles. The Balaban J connectivity index is 2.79. The van der Waals surface area contributed by atoms with Crippen molar-refractivity contribution in [3.63, 3.8) is 0 Å². The van der Waals surface area contributed by atoms with Gasteiger partial charge < -0.3 is 16.2 Å². The molecule has 4 N–H and O–H groups in total. The first-order valence-corrected chi connectivity index (χ1v) is 6.18. The van der Waals surface area contributed by atoms with E-state index in [-0.39, 0.29) is 11.6 Å². The van der Waals surface area contributed by atoms with Gasteiger partial charge in [-0.2, -0.15) is 11.8 Å². The molecule has 0 aliphatic rings. The van der Waals surface area contributed by atoms with Crippen molar-refractivity contribution < 1.29 is 9.90 Å². The molecule has 0 amide bonds. The van der Waals surface area contributed by atoms with Crippen molar-refractivity contribution in [1.29, 1.82) is 0 Å². The van der Waals surface area contributed by atoms with Gasteiger partial charge in [-0.15, -0.1) is 0 Å². The number of nitrogen functional groups attached to an aromatic ring is 1. The minimum atomic E-state index is -1.03. The summed E-state index contributed by atoms with van der Waals surface area (Å²) in [5.74, 6) is 0.441. The summed E-state index contributed by atoms with van der Waals surface area (Å²) in [4.78, 5) is 14.7. The van der Waals surface area contributed by atoms with E-state index in [9.17, 15) is 4.79 Å². The Morgan fingerprint density at radius 2 is 2.44 bits per heavy atom. The number of anilines is 2. The predicted octanol–water partition coefficient (Wildman–Crippen LogP) is 1.53.